The second-order valence-corrected chi connectivity index (χ2v) is 6.86. The third kappa shape index (κ3) is 4.62. The van der Waals surface area contributed by atoms with E-state index in [1.165, 1.54) is 6.42 Å². The van der Waals surface area contributed by atoms with Crippen molar-refractivity contribution in [2.45, 2.75) is 58.0 Å². The van der Waals surface area contributed by atoms with Crippen molar-refractivity contribution in [1.29, 1.82) is 0 Å². The van der Waals surface area contributed by atoms with Gasteiger partial charge in [-0.3, -0.25) is 4.79 Å². The van der Waals surface area contributed by atoms with E-state index >= 15 is 0 Å². The standard InChI is InChI=1S/C20H27N3O2/c1-16-21-12-15-22(16)14-11-18-4-2-3-13-23(18)20(25)10-7-17-5-8-19(24)9-6-17/h5-6,8-9,12,15,18,24H,2-4,7,10-11,13-14H2,1H3. The van der Waals surface area contributed by atoms with Crippen molar-refractivity contribution in [1.82, 2.24) is 14.5 Å². The Balaban J connectivity index is 1.55. The maximum absolute atomic E-state index is 12.7. The van der Waals surface area contributed by atoms with Crippen LogP contribution < -0.4 is 0 Å². The smallest absolute Gasteiger partial charge is 0.223 e. The summed E-state index contributed by atoms with van der Waals surface area (Å²) in [7, 11) is 0. The van der Waals surface area contributed by atoms with Crippen LogP contribution >= 0.6 is 0 Å². The summed E-state index contributed by atoms with van der Waals surface area (Å²) in [6.07, 6.45) is 9.49. The van der Waals surface area contributed by atoms with Crippen LogP contribution in [-0.4, -0.2) is 38.1 Å². The number of nitrogens with zero attached hydrogens (tertiary/aromatic N) is 3. The lowest BCUT2D eigenvalue weighted by Crippen LogP contribution is -2.44. The van der Waals surface area contributed by atoms with E-state index in [1.54, 1.807) is 12.1 Å². The van der Waals surface area contributed by atoms with Crippen molar-refractivity contribution in [2.75, 3.05) is 6.54 Å². The van der Waals surface area contributed by atoms with Gasteiger partial charge in [-0.25, -0.2) is 4.98 Å². The molecule has 1 saturated heterocycles. The largest absolute Gasteiger partial charge is 0.508 e. The van der Waals surface area contributed by atoms with Crippen LogP contribution in [0.2, 0.25) is 0 Å². The molecule has 0 aliphatic carbocycles. The van der Waals surface area contributed by atoms with Crippen molar-refractivity contribution in [2.24, 2.45) is 0 Å². The van der Waals surface area contributed by atoms with E-state index in [0.29, 0.717) is 12.5 Å². The average molecular weight is 341 g/mol. The molecule has 0 spiro atoms. The first kappa shape index (κ1) is 17.5. The zero-order valence-electron chi connectivity index (χ0n) is 14.9. The maximum Gasteiger partial charge on any atom is 0.223 e. The number of aryl methyl sites for hydroxylation is 3. The van der Waals surface area contributed by atoms with Gasteiger partial charge in [-0.1, -0.05) is 12.1 Å². The quantitative estimate of drug-likeness (QED) is 0.877. The van der Waals surface area contributed by atoms with Gasteiger partial charge in [0.25, 0.3) is 0 Å². The molecule has 1 fully saturated rings. The fraction of sp³-hybridized carbons (Fsp3) is 0.500. The third-order valence-electron chi connectivity index (χ3n) is 5.14. The van der Waals surface area contributed by atoms with Crippen molar-refractivity contribution in [3.63, 3.8) is 0 Å². The molecular weight excluding hydrogens is 314 g/mol. The summed E-state index contributed by atoms with van der Waals surface area (Å²) in [4.78, 5) is 19.1. The Bertz CT molecular complexity index is 693. The highest BCUT2D eigenvalue weighted by Gasteiger charge is 2.26. The topological polar surface area (TPSA) is 58.4 Å². The molecular formula is C20H27N3O2. The normalized spacial score (nSPS) is 17.6. The molecule has 5 heteroatoms. The van der Waals surface area contributed by atoms with Crippen molar-refractivity contribution >= 4 is 5.91 Å². The van der Waals surface area contributed by atoms with E-state index in [4.69, 9.17) is 0 Å². The highest BCUT2D eigenvalue weighted by Crippen LogP contribution is 2.22. The number of carbonyl (C=O) groups is 1. The molecule has 1 N–H and O–H groups in total. The van der Waals surface area contributed by atoms with Crippen molar-refractivity contribution < 1.29 is 9.90 Å². The van der Waals surface area contributed by atoms with Crippen LogP contribution in [0.1, 0.15) is 43.5 Å². The Hall–Kier alpha value is -2.30. The molecule has 5 nitrogen and oxygen atoms in total. The molecule has 2 aromatic rings. The second-order valence-electron chi connectivity index (χ2n) is 6.86. The van der Waals surface area contributed by atoms with Crippen LogP contribution in [0.5, 0.6) is 5.75 Å². The van der Waals surface area contributed by atoms with Crippen LogP contribution in [-0.2, 0) is 17.8 Å². The van der Waals surface area contributed by atoms with Gasteiger partial charge >= 0.3 is 0 Å². The fourth-order valence-electron chi connectivity index (χ4n) is 3.61. The van der Waals surface area contributed by atoms with E-state index in [-0.39, 0.29) is 11.7 Å². The third-order valence-corrected chi connectivity index (χ3v) is 5.14. The number of likely N-dealkylation sites (tertiary alicyclic amines) is 1. The Morgan fingerprint density at radius 1 is 1.28 bits per heavy atom. The number of aromatic hydroxyl groups is 1. The number of hydrogen-bond acceptors (Lipinski definition) is 3. The predicted molar refractivity (Wildman–Crippen MR) is 97.4 cm³/mol. The molecule has 25 heavy (non-hydrogen) atoms. The first-order valence-electron chi connectivity index (χ1n) is 9.18. The van der Waals surface area contributed by atoms with E-state index in [1.807, 2.05) is 31.5 Å². The predicted octanol–water partition coefficient (Wildman–Crippen LogP) is 3.30. The zero-order chi connectivity index (χ0) is 17.6. The fourth-order valence-corrected chi connectivity index (χ4v) is 3.61. The number of phenolic OH excluding ortho intramolecular Hbond substituents is 1. The first-order valence-corrected chi connectivity index (χ1v) is 9.18. The van der Waals surface area contributed by atoms with Gasteiger partial charge in [0, 0.05) is 37.9 Å². The lowest BCUT2D eigenvalue weighted by Gasteiger charge is -2.36. The molecule has 1 aromatic carbocycles. The van der Waals surface area contributed by atoms with E-state index in [2.05, 4.69) is 14.5 Å². The number of aromatic nitrogens is 2. The van der Waals surface area contributed by atoms with Gasteiger partial charge < -0.3 is 14.6 Å². The Kier molecular flexibility index (Phi) is 5.74. The molecule has 1 aliphatic rings. The molecule has 0 saturated carbocycles. The van der Waals surface area contributed by atoms with E-state index in [0.717, 1.165) is 50.2 Å². The van der Waals surface area contributed by atoms with Gasteiger partial charge in [0.2, 0.25) is 5.91 Å². The summed E-state index contributed by atoms with van der Waals surface area (Å²) in [6, 6.07) is 7.47. The molecule has 2 heterocycles. The molecule has 3 rings (SSSR count). The Morgan fingerprint density at radius 3 is 2.80 bits per heavy atom. The number of carbonyl (C=O) groups excluding carboxylic acids is 1. The Morgan fingerprint density at radius 2 is 2.08 bits per heavy atom. The van der Waals surface area contributed by atoms with E-state index in [9.17, 15) is 9.90 Å². The van der Waals surface area contributed by atoms with Gasteiger partial charge in [-0.05, 0) is 56.7 Å². The molecule has 134 valence electrons. The highest BCUT2D eigenvalue weighted by molar-refractivity contribution is 5.77. The SMILES string of the molecule is Cc1nccn1CCC1CCCCN1C(=O)CCc1ccc(O)cc1. The number of hydrogen-bond donors (Lipinski definition) is 1. The van der Waals surface area contributed by atoms with Gasteiger partial charge in [0.05, 0.1) is 0 Å². The number of rotatable bonds is 6. The van der Waals surface area contributed by atoms with Gasteiger partial charge in [0.1, 0.15) is 11.6 Å². The highest BCUT2D eigenvalue weighted by atomic mass is 16.3. The zero-order valence-corrected chi connectivity index (χ0v) is 14.9. The second kappa shape index (κ2) is 8.19. The molecule has 1 atom stereocenters. The summed E-state index contributed by atoms with van der Waals surface area (Å²) in [6.45, 7) is 3.81. The first-order chi connectivity index (χ1) is 12.1. The van der Waals surface area contributed by atoms with Gasteiger partial charge in [0.15, 0.2) is 0 Å². The maximum atomic E-state index is 12.7. The van der Waals surface area contributed by atoms with Crippen LogP contribution in [0.4, 0.5) is 0 Å². The van der Waals surface area contributed by atoms with Crippen LogP contribution in [0.3, 0.4) is 0 Å². The summed E-state index contributed by atoms with van der Waals surface area (Å²) in [5.74, 6) is 1.54. The summed E-state index contributed by atoms with van der Waals surface area (Å²) in [5.41, 5.74) is 1.09. The van der Waals surface area contributed by atoms with Crippen LogP contribution in [0, 0.1) is 6.92 Å². The summed E-state index contributed by atoms with van der Waals surface area (Å²) in [5, 5.41) is 9.35. The van der Waals surface area contributed by atoms with Crippen LogP contribution in [0.25, 0.3) is 0 Å². The molecule has 1 unspecified atom stereocenters. The minimum Gasteiger partial charge on any atom is -0.508 e. The van der Waals surface area contributed by atoms with E-state index < -0.39 is 0 Å². The van der Waals surface area contributed by atoms with Crippen molar-refractivity contribution in [3.05, 3.63) is 48.0 Å². The lowest BCUT2D eigenvalue weighted by atomic mass is 9.98. The van der Waals surface area contributed by atoms with Crippen LogP contribution in [0.15, 0.2) is 36.7 Å². The van der Waals surface area contributed by atoms with Gasteiger partial charge in [-0.2, -0.15) is 0 Å². The molecule has 0 bridgehead atoms. The Labute approximate surface area is 149 Å². The van der Waals surface area contributed by atoms with Crippen molar-refractivity contribution in [3.8, 4) is 5.75 Å². The molecule has 1 aliphatic heterocycles. The summed E-state index contributed by atoms with van der Waals surface area (Å²) < 4.78 is 2.16. The number of piperidine rings is 1. The molecule has 1 amide bonds. The minimum absolute atomic E-state index is 0.250. The number of benzene rings is 1. The summed E-state index contributed by atoms with van der Waals surface area (Å²) >= 11 is 0. The number of amides is 1. The van der Waals surface area contributed by atoms with Gasteiger partial charge in [-0.15, -0.1) is 0 Å². The number of phenols is 1. The average Bonchev–Trinajstić information content (AvgIpc) is 3.04. The molecule has 1 aromatic heterocycles. The lowest BCUT2D eigenvalue weighted by molar-refractivity contribution is -0.135. The number of imidazole rings is 1. The minimum atomic E-state index is 0.250. The monoisotopic (exact) mass is 341 g/mol. The molecule has 0 radical (unpaired) electrons.